The van der Waals surface area contributed by atoms with Crippen LogP contribution >= 0.6 is 11.3 Å². The smallest absolute Gasteiger partial charge is 0.124 e. The van der Waals surface area contributed by atoms with E-state index in [1.807, 2.05) is 25.2 Å². The minimum atomic E-state index is 0.875. The van der Waals surface area contributed by atoms with Gasteiger partial charge >= 0.3 is 0 Å². The van der Waals surface area contributed by atoms with Gasteiger partial charge in [0.15, 0.2) is 0 Å². The third kappa shape index (κ3) is 3.33. The third-order valence-corrected chi connectivity index (χ3v) is 4.07. The predicted molar refractivity (Wildman–Crippen MR) is 80.9 cm³/mol. The fraction of sp³-hybridized carbons (Fsp3) is 0.400. The van der Waals surface area contributed by atoms with Gasteiger partial charge in [-0.1, -0.05) is 25.5 Å². The van der Waals surface area contributed by atoms with Crippen LogP contribution < -0.4 is 10.1 Å². The van der Waals surface area contributed by atoms with Gasteiger partial charge in [0.05, 0.1) is 12.8 Å². The fourth-order valence-corrected chi connectivity index (χ4v) is 3.11. The Morgan fingerprint density at radius 3 is 2.89 bits per heavy atom. The molecule has 0 saturated heterocycles. The van der Waals surface area contributed by atoms with E-state index in [0.717, 1.165) is 35.7 Å². The monoisotopic (exact) mass is 276 g/mol. The van der Waals surface area contributed by atoms with Crippen LogP contribution in [0.25, 0.3) is 10.6 Å². The Morgan fingerprint density at radius 1 is 1.37 bits per heavy atom. The minimum absolute atomic E-state index is 0.875. The van der Waals surface area contributed by atoms with Gasteiger partial charge < -0.3 is 10.1 Å². The number of hydrogen-bond donors (Lipinski definition) is 1. The topological polar surface area (TPSA) is 34.1 Å². The van der Waals surface area contributed by atoms with E-state index in [1.54, 1.807) is 18.4 Å². The molecule has 0 saturated carbocycles. The van der Waals surface area contributed by atoms with Crippen LogP contribution in [0.3, 0.4) is 0 Å². The summed E-state index contributed by atoms with van der Waals surface area (Å²) in [6, 6.07) is 8.09. The highest BCUT2D eigenvalue weighted by Gasteiger charge is 2.11. The number of nitrogens with one attached hydrogen (secondary N) is 1. The van der Waals surface area contributed by atoms with Gasteiger partial charge in [-0.25, -0.2) is 4.98 Å². The highest BCUT2D eigenvalue weighted by molar-refractivity contribution is 7.15. The average Bonchev–Trinajstić information content (AvgIpc) is 2.83. The maximum absolute atomic E-state index is 5.27. The second-order valence-electron chi connectivity index (χ2n) is 4.40. The molecule has 1 aromatic heterocycles. The molecule has 0 amide bonds. The first-order valence-corrected chi connectivity index (χ1v) is 7.37. The zero-order valence-electron chi connectivity index (χ0n) is 11.7. The fourth-order valence-electron chi connectivity index (χ4n) is 1.99. The van der Waals surface area contributed by atoms with Crippen molar-refractivity contribution in [1.29, 1.82) is 0 Å². The van der Waals surface area contributed by atoms with Crippen LogP contribution in [0, 0.1) is 0 Å². The van der Waals surface area contributed by atoms with E-state index in [4.69, 9.17) is 9.72 Å². The zero-order chi connectivity index (χ0) is 13.7. The zero-order valence-corrected chi connectivity index (χ0v) is 12.5. The molecule has 1 N–H and O–H groups in total. The molecule has 0 unspecified atom stereocenters. The summed E-state index contributed by atoms with van der Waals surface area (Å²) in [6.07, 6.45) is 2.16. The summed E-state index contributed by atoms with van der Waals surface area (Å²) in [5.74, 6) is 0.875. The number of methoxy groups -OCH3 is 1. The Kier molecular flexibility index (Phi) is 4.93. The lowest BCUT2D eigenvalue weighted by Gasteiger charge is -2.01. The van der Waals surface area contributed by atoms with Gasteiger partial charge in [-0.3, -0.25) is 0 Å². The van der Waals surface area contributed by atoms with Gasteiger partial charge in [-0.2, -0.15) is 0 Å². The summed E-state index contributed by atoms with van der Waals surface area (Å²) in [7, 11) is 3.66. The predicted octanol–water partition coefficient (Wildman–Crippen LogP) is 3.49. The van der Waals surface area contributed by atoms with Gasteiger partial charge in [-0.05, 0) is 25.6 Å². The van der Waals surface area contributed by atoms with Crippen LogP contribution in [0.5, 0.6) is 5.75 Å². The molecule has 0 aliphatic rings. The molecule has 1 aromatic carbocycles. The van der Waals surface area contributed by atoms with Crippen LogP contribution in [0.2, 0.25) is 0 Å². The van der Waals surface area contributed by atoms with E-state index in [-0.39, 0.29) is 0 Å². The number of thiazole rings is 1. The molecular formula is C15H20N2OS. The van der Waals surface area contributed by atoms with Gasteiger partial charge in [0.2, 0.25) is 0 Å². The molecule has 0 radical (unpaired) electrons. The normalized spacial score (nSPS) is 10.7. The third-order valence-electron chi connectivity index (χ3n) is 2.92. The lowest BCUT2D eigenvalue weighted by Crippen LogP contribution is -2.05. The molecular weight excluding hydrogens is 256 g/mol. The van der Waals surface area contributed by atoms with Gasteiger partial charge in [0, 0.05) is 17.0 Å². The van der Waals surface area contributed by atoms with Crippen molar-refractivity contribution in [2.75, 3.05) is 14.2 Å². The summed E-state index contributed by atoms with van der Waals surface area (Å²) < 4.78 is 5.27. The van der Waals surface area contributed by atoms with Crippen LogP contribution in [-0.4, -0.2) is 19.1 Å². The summed E-state index contributed by atoms with van der Waals surface area (Å²) in [5, 5.41) is 4.29. The maximum atomic E-state index is 5.27. The first kappa shape index (κ1) is 14.0. The Balaban J connectivity index is 2.35. The molecule has 0 bridgehead atoms. The molecule has 19 heavy (non-hydrogen) atoms. The molecule has 0 atom stereocenters. The quantitative estimate of drug-likeness (QED) is 0.877. The number of benzene rings is 1. The molecule has 3 nitrogen and oxygen atoms in total. The Bertz CT molecular complexity index is 513. The lowest BCUT2D eigenvalue weighted by atomic mass is 10.2. The maximum Gasteiger partial charge on any atom is 0.124 e. The van der Waals surface area contributed by atoms with E-state index in [9.17, 15) is 0 Å². The van der Waals surface area contributed by atoms with Crippen molar-refractivity contribution in [2.45, 2.75) is 26.3 Å². The summed E-state index contributed by atoms with van der Waals surface area (Å²) in [5.41, 5.74) is 2.35. The Morgan fingerprint density at radius 2 is 2.21 bits per heavy atom. The Hall–Kier alpha value is -1.39. The van der Waals surface area contributed by atoms with Crippen molar-refractivity contribution in [3.8, 4) is 16.3 Å². The number of nitrogens with zero attached hydrogens (tertiary/aromatic N) is 1. The van der Waals surface area contributed by atoms with Crippen molar-refractivity contribution in [3.63, 3.8) is 0 Å². The van der Waals surface area contributed by atoms with E-state index in [1.165, 1.54) is 10.6 Å². The van der Waals surface area contributed by atoms with E-state index < -0.39 is 0 Å². The van der Waals surface area contributed by atoms with Crippen molar-refractivity contribution in [2.24, 2.45) is 0 Å². The number of hydrogen-bond acceptors (Lipinski definition) is 4. The van der Waals surface area contributed by atoms with Gasteiger partial charge in [0.25, 0.3) is 0 Å². The summed E-state index contributed by atoms with van der Waals surface area (Å²) in [6.45, 7) is 3.07. The van der Waals surface area contributed by atoms with Crippen molar-refractivity contribution in [1.82, 2.24) is 10.3 Å². The summed E-state index contributed by atoms with van der Waals surface area (Å²) >= 11 is 1.77. The second kappa shape index (κ2) is 6.68. The van der Waals surface area contributed by atoms with Crippen molar-refractivity contribution < 1.29 is 4.74 Å². The number of aryl methyl sites for hydroxylation is 1. The number of aromatic nitrogens is 1. The largest absolute Gasteiger partial charge is 0.497 e. The minimum Gasteiger partial charge on any atom is -0.497 e. The molecule has 2 aromatic rings. The van der Waals surface area contributed by atoms with Crippen LogP contribution in [0.15, 0.2) is 24.3 Å². The van der Waals surface area contributed by atoms with Gasteiger partial charge in [0.1, 0.15) is 10.8 Å². The van der Waals surface area contributed by atoms with Gasteiger partial charge in [-0.15, -0.1) is 11.3 Å². The molecule has 102 valence electrons. The van der Waals surface area contributed by atoms with Crippen LogP contribution in [0.4, 0.5) is 0 Å². The number of rotatable bonds is 6. The summed E-state index contributed by atoms with van der Waals surface area (Å²) in [4.78, 5) is 6.12. The molecule has 2 rings (SSSR count). The first-order chi connectivity index (χ1) is 9.28. The van der Waals surface area contributed by atoms with E-state index in [2.05, 4.69) is 18.3 Å². The molecule has 4 heteroatoms. The van der Waals surface area contributed by atoms with Crippen LogP contribution in [0.1, 0.15) is 23.9 Å². The van der Waals surface area contributed by atoms with Crippen molar-refractivity contribution >= 4 is 11.3 Å². The molecule has 1 heterocycles. The molecule has 0 aliphatic heterocycles. The van der Waals surface area contributed by atoms with E-state index >= 15 is 0 Å². The SMILES string of the molecule is CCCc1nc(-c2cccc(OC)c2)sc1CNC. The van der Waals surface area contributed by atoms with E-state index in [0.29, 0.717) is 0 Å². The Labute approximate surface area is 118 Å². The highest BCUT2D eigenvalue weighted by atomic mass is 32.1. The standard InChI is InChI=1S/C15H20N2OS/c1-4-6-13-14(10-16-2)19-15(17-13)11-7-5-8-12(9-11)18-3/h5,7-9,16H,4,6,10H2,1-3H3. The van der Waals surface area contributed by atoms with Crippen molar-refractivity contribution in [3.05, 3.63) is 34.8 Å². The average molecular weight is 276 g/mol. The lowest BCUT2D eigenvalue weighted by molar-refractivity contribution is 0.415. The molecule has 0 fully saturated rings. The van der Waals surface area contributed by atoms with Crippen LogP contribution in [-0.2, 0) is 13.0 Å². The second-order valence-corrected chi connectivity index (χ2v) is 5.48. The molecule has 0 aliphatic carbocycles. The first-order valence-electron chi connectivity index (χ1n) is 6.56. The number of ether oxygens (including phenoxy) is 1. The molecule has 0 spiro atoms. The highest BCUT2D eigenvalue weighted by Crippen LogP contribution is 2.30.